The number of nitrogens with zero attached hydrogens (tertiary/aromatic N) is 2. The average molecular weight is 374 g/mol. The highest BCUT2D eigenvalue weighted by molar-refractivity contribution is 6.29. The van der Waals surface area contributed by atoms with Gasteiger partial charge in [0, 0.05) is 41.6 Å². The number of fused-ring (bicyclic) bond motifs is 2. The van der Waals surface area contributed by atoms with Crippen molar-refractivity contribution in [3.8, 4) is 11.1 Å². The fourth-order valence-corrected chi connectivity index (χ4v) is 3.55. The molecule has 0 aliphatic carbocycles. The van der Waals surface area contributed by atoms with Gasteiger partial charge in [0.05, 0.1) is 0 Å². The van der Waals surface area contributed by atoms with Gasteiger partial charge in [0.2, 0.25) is 0 Å². The van der Waals surface area contributed by atoms with Crippen LogP contribution in [0.2, 0.25) is 5.15 Å². The van der Waals surface area contributed by atoms with Crippen LogP contribution < -0.4 is 5.32 Å². The lowest BCUT2D eigenvalue weighted by Gasteiger charge is -2.09. The van der Waals surface area contributed by atoms with Crippen molar-refractivity contribution in [2.24, 2.45) is 0 Å². The third-order valence-electron chi connectivity index (χ3n) is 4.65. The molecule has 5 nitrogen and oxygen atoms in total. The maximum absolute atomic E-state index is 6.28. The highest BCUT2D eigenvalue weighted by Crippen LogP contribution is 2.30. The van der Waals surface area contributed by atoms with Crippen molar-refractivity contribution in [1.29, 1.82) is 0 Å². The van der Waals surface area contributed by atoms with Gasteiger partial charge in [0.25, 0.3) is 0 Å². The molecule has 3 N–H and O–H groups in total. The Kier molecular flexibility index (Phi) is 3.80. The van der Waals surface area contributed by atoms with Crippen LogP contribution in [0.4, 0.5) is 5.82 Å². The molecule has 132 valence electrons. The van der Waals surface area contributed by atoms with E-state index in [1.807, 2.05) is 36.7 Å². The van der Waals surface area contributed by atoms with Crippen LogP contribution in [0, 0.1) is 0 Å². The number of hydrogen-bond acceptors (Lipinski definition) is 3. The normalized spacial score (nSPS) is 11.3. The van der Waals surface area contributed by atoms with Crippen molar-refractivity contribution in [1.82, 2.24) is 19.9 Å². The fourth-order valence-electron chi connectivity index (χ4n) is 3.34. The molecule has 0 radical (unpaired) electrons. The van der Waals surface area contributed by atoms with Crippen LogP contribution in [0.15, 0.2) is 67.1 Å². The molecular weight excluding hydrogens is 358 g/mol. The Balaban J connectivity index is 1.45. The molecule has 0 amide bonds. The maximum Gasteiger partial charge on any atom is 0.137 e. The van der Waals surface area contributed by atoms with Gasteiger partial charge in [-0.3, -0.25) is 0 Å². The second-order valence-electron chi connectivity index (χ2n) is 6.42. The molecule has 0 spiro atoms. The second-order valence-corrected chi connectivity index (χ2v) is 6.81. The molecule has 0 saturated carbocycles. The zero-order valence-electron chi connectivity index (χ0n) is 14.3. The van der Waals surface area contributed by atoms with Crippen molar-refractivity contribution >= 4 is 39.4 Å². The molecular formula is C21H16ClN5. The quantitative estimate of drug-likeness (QED) is 0.371. The molecule has 0 bridgehead atoms. The van der Waals surface area contributed by atoms with E-state index in [1.165, 1.54) is 10.9 Å². The van der Waals surface area contributed by atoms with Crippen LogP contribution in [-0.2, 0) is 6.54 Å². The van der Waals surface area contributed by atoms with Gasteiger partial charge in [0.1, 0.15) is 16.6 Å². The van der Waals surface area contributed by atoms with E-state index in [1.54, 1.807) is 6.20 Å². The summed E-state index contributed by atoms with van der Waals surface area (Å²) < 4.78 is 0. The molecule has 4 aromatic heterocycles. The Hall–Kier alpha value is -3.31. The van der Waals surface area contributed by atoms with Gasteiger partial charge in [0.15, 0.2) is 0 Å². The summed E-state index contributed by atoms with van der Waals surface area (Å²) in [6.07, 6.45) is 5.67. The summed E-state index contributed by atoms with van der Waals surface area (Å²) in [7, 11) is 0. The Bertz CT molecular complexity index is 1250. The van der Waals surface area contributed by atoms with E-state index in [2.05, 4.69) is 49.5 Å². The molecule has 0 atom stereocenters. The zero-order chi connectivity index (χ0) is 18.2. The molecule has 0 unspecified atom stereocenters. The van der Waals surface area contributed by atoms with E-state index in [0.29, 0.717) is 11.7 Å². The Morgan fingerprint density at radius 3 is 2.96 bits per heavy atom. The predicted molar refractivity (Wildman–Crippen MR) is 110 cm³/mol. The first-order chi connectivity index (χ1) is 13.3. The number of aromatic amines is 2. The van der Waals surface area contributed by atoms with Crippen LogP contribution in [0.3, 0.4) is 0 Å². The van der Waals surface area contributed by atoms with E-state index in [9.17, 15) is 0 Å². The minimum atomic E-state index is 0.453. The summed E-state index contributed by atoms with van der Waals surface area (Å²) in [5.74, 6) is 0.741. The van der Waals surface area contributed by atoms with Crippen molar-refractivity contribution in [3.63, 3.8) is 0 Å². The number of hydrogen-bond donors (Lipinski definition) is 3. The molecule has 4 heterocycles. The summed E-state index contributed by atoms with van der Waals surface area (Å²) >= 11 is 6.28. The molecule has 0 aliphatic heterocycles. The molecule has 6 heteroatoms. The SMILES string of the molecule is Clc1cc(-c2c[nH]c3ncccc23)cc(NCc2ccc3[nH]ccc3c2)n1. The smallest absolute Gasteiger partial charge is 0.137 e. The van der Waals surface area contributed by atoms with Crippen LogP contribution in [-0.4, -0.2) is 19.9 Å². The first-order valence-corrected chi connectivity index (χ1v) is 9.04. The molecule has 5 aromatic rings. The van der Waals surface area contributed by atoms with E-state index in [-0.39, 0.29) is 0 Å². The summed E-state index contributed by atoms with van der Waals surface area (Å²) in [4.78, 5) is 15.2. The third-order valence-corrected chi connectivity index (χ3v) is 4.84. The van der Waals surface area contributed by atoms with Crippen molar-refractivity contribution in [2.45, 2.75) is 6.54 Å². The fraction of sp³-hybridized carbons (Fsp3) is 0.0476. The van der Waals surface area contributed by atoms with Crippen LogP contribution >= 0.6 is 11.6 Å². The first kappa shape index (κ1) is 15.9. The lowest BCUT2D eigenvalue weighted by atomic mass is 10.1. The van der Waals surface area contributed by atoms with Crippen LogP contribution in [0.5, 0.6) is 0 Å². The van der Waals surface area contributed by atoms with E-state index in [4.69, 9.17) is 11.6 Å². The van der Waals surface area contributed by atoms with Gasteiger partial charge in [-0.2, -0.15) is 0 Å². The number of halogens is 1. The summed E-state index contributed by atoms with van der Waals surface area (Å²) in [5, 5.41) is 6.08. The highest BCUT2D eigenvalue weighted by Gasteiger charge is 2.09. The number of nitrogens with one attached hydrogen (secondary N) is 3. The van der Waals surface area contributed by atoms with E-state index >= 15 is 0 Å². The lowest BCUT2D eigenvalue weighted by molar-refractivity contribution is 1.12. The molecule has 0 aliphatic rings. The van der Waals surface area contributed by atoms with Crippen molar-refractivity contribution in [2.75, 3.05) is 5.32 Å². The van der Waals surface area contributed by atoms with Gasteiger partial charge in [-0.25, -0.2) is 9.97 Å². The van der Waals surface area contributed by atoms with E-state index in [0.717, 1.165) is 33.5 Å². The standard InChI is InChI=1S/C21H16ClN5/c22-19-9-15(17-12-26-21-16(17)2-1-6-24-21)10-20(27-19)25-11-13-3-4-18-14(8-13)5-7-23-18/h1-10,12,23H,11H2,(H,24,26)(H,25,27). The minimum Gasteiger partial charge on any atom is -0.366 e. The van der Waals surface area contributed by atoms with Crippen LogP contribution in [0.1, 0.15) is 5.56 Å². The molecule has 1 aromatic carbocycles. The predicted octanol–water partition coefficient (Wildman–Crippen LogP) is 5.37. The summed E-state index contributed by atoms with van der Waals surface area (Å²) in [5.41, 5.74) is 5.23. The van der Waals surface area contributed by atoms with Gasteiger partial charge in [-0.1, -0.05) is 17.7 Å². The van der Waals surface area contributed by atoms with Gasteiger partial charge in [-0.15, -0.1) is 0 Å². The largest absolute Gasteiger partial charge is 0.366 e. The maximum atomic E-state index is 6.28. The minimum absolute atomic E-state index is 0.453. The number of pyridine rings is 2. The van der Waals surface area contributed by atoms with Crippen molar-refractivity contribution < 1.29 is 0 Å². The summed E-state index contributed by atoms with van der Waals surface area (Å²) in [6, 6.07) is 16.3. The number of rotatable bonds is 4. The second kappa shape index (κ2) is 6.45. The lowest BCUT2D eigenvalue weighted by Crippen LogP contribution is -2.01. The third kappa shape index (κ3) is 3.02. The Labute approximate surface area is 160 Å². The monoisotopic (exact) mass is 373 g/mol. The van der Waals surface area contributed by atoms with Crippen LogP contribution in [0.25, 0.3) is 33.1 Å². The first-order valence-electron chi connectivity index (χ1n) is 8.66. The molecule has 5 rings (SSSR count). The molecule has 27 heavy (non-hydrogen) atoms. The van der Waals surface area contributed by atoms with Gasteiger partial charge in [-0.05, 0) is 59.0 Å². The number of benzene rings is 1. The zero-order valence-corrected chi connectivity index (χ0v) is 15.1. The Morgan fingerprint density at radius 1 is 1.04 bits per heavy atom. The van der Waals surface area contributed by atoms with E-state index < -0.39 is 0 Å². The van der Waals surface area contributed by atoms with Gasteiger partial charge < -0.3 is 15.3 Å². The molecule has 0 fully saturated rings. The topological polar surface area (TPSA) is 69.4 Å². The number of H-pyrrole nitrogens is 2. The highest BCUT2D eigenvalue weighted by atomic mass is 35.5. The molecule has 0 saturated heterocycles. The summed E-state index contributed by atoms with van der Waals surface area (Å²) in [6.45, 7) is 0.670. The number of aromatic nitrogens is 4. The van der Waals surface area contributed by atoms with Gasteiger partial charge >= 0.3 is 0 Å². The average Bonchev–Trinajstić information content (AvgIpc) is 3.32. The van der Waals surface area contributed by atoms with Crippen molar-refractivity contribution in [3.05, 3.63) is 77.8 Å². The Morgan fingerprint density at radius 2 is 2.00 bits per heavy atom. The number of anilines is 1.